The number of hydrogen-bond donors (Lipinski definition) is 6. The number of benzene rings is 1. The molecule has 2 amide bonds. The number of aliphatic carboxylic acids is 1. The molecule has 7 N–H and O–H groups in total. The standard InChI is InChI=1S/C15H15N5O7S/c1-6(27-20-11(14(25)26)8-5-28-15(16)17-8)12(23)18-19-13(24)7-2-3-9(21)10(22)4-7/h2-6,21-22H,1H3,(H2,16,17)(H,18,23)(H,19,24)(H,25,26). The number of carbonyl (C=O) groups excluding carboxylic acids is 2. The normalized spacial score (nSPS) is 12.1. The molecule has 0 spiro atoms. The van der Waals surface area contributed by atoms with Crippen LogP contribution in [0.15, 0.2) is 28.7 Å². The van der Waals surface area contributed by atoms with Crippen molar-refractivity contribution in [2.45, 2.75) is 13.0 Å². The molecule has 0 radical (unpaired) electrons. The molecule has 0 fully saturated rings. The van der Waals surface area contributed by atoms with Crippen LogP contribution in [-0.2, 0) is 14.4 Å². The van der Waals surface area contributed by atoms with Crippen LogP contribution in [-0.4, -0.2) is 49.9 Å². The minimum absolute atomic E-state index is 0.0250. The first-order valence-corrected chi connectivity index (χ1v) is 8.37. The van der Waals surface area contributed by atoms with Crippen LogP contribution in [0.3, 0.4) is 0 Å². The number of nitrogens with zero attached hydrogens (tertiary/aromatic N) is 2. The maximum atomic E-state index is 11.9. The molecule has 28 heavy (non-hydrogen) atoms. The zero-order valence-electron chi connectivity index (χ0n) is 14.2. The number of anilines is 1. The summed E-state index contributed by atoms with van der Waals surface area (Å²) in [5, 5.41) is 32.6. The summed E-state index contributed by atoms with van der Waals surface area (Å²) in [5.74, 6) is -3.95. The number of amides is 2. The predicted octanol–water partition coefficient (Wildman–Crippen LogP) is -0.208. The van der Waals surface area contributed by atoms with Gasteiger partial charge < -0.3 is 25.9 Å². The van der Waals surface area contributed by atoms with E-state index >= 15 is 0 Å². The van der Waals surface area contributed by atoms with Crippen LogP contribution in [0.2, 0.25) is 0 Å². The number of hydrogen-bond acceptors (Lipinski definition) is 10. The highest BCUT2D eigenvalue weighted by Crippen LogP contribution is 2.24. The lowest BCUT2D eigenvalue weighted by Gasteiger charge is -2.12. The van der Waals surface area contributed by atoms with E-state index in [1.54, 1.807) is 0 Å². The van der Waals surface area contributed by atoms with Gasteiger partial charge in [0.15, 0.2) is 16.6 Å². The predicted molar refractivity (Wildman–Crippen MR) is 96.6 cm³/mol. The van der Waals surface area contributed by atoms with E-state index in [0.29, 0.717) is 0 Å². The zero-order valence-corrected chi connectivity index (χ0v) is 15.1. The van der Waals surface area contributed by atoms with E-state index < -0.39 is 41.1 Å². The summed E-state index contributed by atoms with van der Waals surface area (Å²) in [6.45, 7) is 1.27. The minimum atomic E-state index is -1.43. The molecule has 1 atom stereocenters. The lowest BCUT2D eigenvalue weighted by atomic mass is 10.2. The summed E-state index contributed by atoms with van der Waals surface area (Å²) in [7, 11) is 0. The van der Waals surface area contributed by atoms with E-state index in [9.17, 15) is 24.6 Å². The van der Waals surface area contributed by atoms with Crippen molar-refractivity contribution in [2.75, 3.05) is 5.73 Å². The molecule has 0 saturated heterocycles. The summed E-state index contributed by atoms with van der Waals surface area (Å²) >= 11 is 1.01. The number of oxime groups is 1. The third-order valence-corrected chi connectivity index (χ3v) is 3.85. The SMILES string of the molecule is CC(ON=C(C(=O)O)c1csc(N)n1)C(=O)NNC(=O)c1ccc(O)c(O)c1. The molecule has 13 heteroatoms. The highest BCUT2D eigenvalue weighted by atomic mass is 32.1. The number of nitrogens with one attached hydrogen (secondary N) is 2. The third kappa shape index (κ3) is 5.07. The fourth-order valence-electron chi connectivity index (χ4n) is 1.73. The Balaban J connectivity index is 1.95. The average Bonchev–Trinajstić information content (AvgIpc) is 3.07. The van der Waals surface area contributed by atoms with E-state index in [-0.39, 0.29) is 16.4 Å². The molecule has 1 aromatic heterocycles. The number of aromatic hydroxyl groups is 2. The Morgan fingerprint density at radius 2 is 1.96 bits per heavy atom. The molecule has 1 unspecified atom stereocenters. The van der Waals surface area contributed by atoms with Crippen molar-refractivity contribution in [3.05, 3.63) is 34.8 Å². The fraction of sp³-hybridized carbons (Fsp3) is 0.133. The monoisotopic (exact) mass is 409 g/mol. The number of nitrogens with two attached hydrogens (primary N) is 1. The lowest BCUT2D eigenvalue weighted by molar-refractivity contribution is -0.134. The summed E-state index contributed by atoms with van der Waals surface area (Å²) in [4.78, 5) is 43.7. The first-order valence-electron chi connectivity index (χ1n) is 7.49. The maximum Gasteiger partial charge on any atom is 0.360 e. The highest BCUT2D eigenvalue weighted by molar-refractivity contribution is 7.13. The van der Waals surface area contributed by atoms with Gasteiger partial charge in [-0.25, -0.2) is 9.78 Å². The molecule has 2 rings (SSSR count). The van der Waals surface area contributed by atoms with Crippen LogP contribution in [0.5, 0.6) is 11.5 Å². The number of carbonyl (C=O) groups is 3. The fourth-order valence-corrected chi connectivity index (χ4v) is 2.28. The number of rotatable bonds is 6. The van der Waals surface area contributed by atoms with Gasteiger partial charge in [0.2, 0.25) is 11.8 Å². The molecule has 0 bridgehead atoms. The smallest absolute Gasteiger partial charge is 0.360 e. The highest BCUT2D eigenvalue weighted by Gasteiger charge is 2.20. The van der Waals surface area contributed by atoms with Crippen molar-refractivity contribution >= 4 is 40.0 Å². The van der Waals surface area contributed by atoms with E-state index in [0.717, 1.165) is 23.5 Å². The van der Waals surface area contributed by atoms with Crippen LogP contribution in [0.4, 0.5) is 5.13 Å². The van der Waals surface area contributed by atoms with Gasteiger partial charge in [-0.3, -0.25) is 20.4 Å². The van der Waals surface area contributed by atoms with Crippen molar-refractivity contribution < 1.29 is 34.5 Å². The largest absolute Gasteiger partial charge is 0.504 e. The van der Waals surface area contributed by atoms with Crippen molar-refractivity contribution in [1.82, 2.24) is 15.8 Å². The molecule has 0 aliphatic carbocycles. The van der Waals surface area contributed by atoms with Gasteiger partial charge in [0.25, 0.3) is 11.8 Å². The summed E-state index contributed by atoms with van der Waals surface area (Å²) in [6.07, 6.45) is -1.26. The van der Waals surface area contributed by atoms with E-state index in [1.807, 2.05) is 0 Å². The number of thiazole rings is 1. The minimum Gasteiger partial charge on any atom is -0.504 e. The molecular formula is C15H15N5O7S. The van der Waals surface area contributed by atoms with Gasteiger partial charge in [0.05, 0.1) is 0 Å². The van der Waals surface area contributed by atoms with Gasteiger partial charge in [0.1, 0.15) is 5.69 Å². The van der Waals surface area contributed by atoms with E-state index in [1.165, 1.54) is 18.4 Å². The van der Waals surface area contributed by atoms with Gasteiger partial charge >= 0.3 is 5.97 Å². The lowest BCUT2D eigenvalue weighted by Crippen LogP contribution is -2.46. The number of phenolic OH excluding ortho intramolecular Hbond substituents is 2. The number of aromatic nitrogens is 1. The number of hydrazine groups is 1. The Labute approximate surface area is 161 Å². The molecule has 148 valence electrons. The van der Waals surface area contributed by atoms with Crippen LogP contribution >= 0.6 is 11.3 Å². The molecule has 0 aliphatic rings. The first-order chi connectivity index (χ1) is 13.2. The van der Waals surface area contributed by atoms with Gasteiger partial charge in [-0.15, -0.1) is 11.3 Å². The molecule has 1 aromatic carbocycles. The Kier molecular flexibility index (Phi) is 6.34. The van der Waals surface area contributed by atoms with Crippen LogP contribution in [0.1, 0.15) is 23.0 Å². The summed E-state index contributed by atoms with van der Waals surface area (Å²) in [5.41, 5.74) is 8.96. The van der Waals surface area contributed by atoms with Crippen molar-refractivity contribution in [3.63, 3.8) is 0 Å². The number of carboxylic acid groups (broad SMARTS) is 1. The molecular weight excluding hydrogens is 394 g/mol. The second-order valence-electron chi connectivity index (χ2n) is 5.21. The molecule has 12 nitrogen and oxygen atoms in total. The van der Waals surface area contributed by atoms with Gasteiger partial charge in [0, 0.05) is 10.9 Å². The Bertz CT molecular complexity index is 943. The number of phenols is 2. The van der Waals surface area contributed by atoms with Crippen molar-refractivity contribution in [3.8, 4) is 11.5 Å². The molecule has 0 aliphatic heterocycles. The molecule has 1 heterocycles. The first kappa shape index (κ1) is 20.4. The van der Waals surface area contributed by atoms with Crippen molar-refractivity contribution in [1.29, 1.82) is 0 Å². The van der Waals surface area contributed by atoms with Crippen molar-refractivity contribution in [2.24, 2.45) is 5.16 Å². The number of carboxylic acids is 1. The van der Waals surface area contributed by atoms with E-state index in [4.69, 9.17) is 15.7 Å². The maximum absolute atomic E-state index is 11.9. The van der Waals surface area contributed by atoms with Gasteiger partial charge in [-0.05, 0) is 25.1 Å². The van der Waals surface area contributed by atoms with Crippen LogP contribution in [0.25, 0.3) is 0 Å². The molecule has 2 aromatic rings. The van der Waals surface area contributed by atoms with Gasteiger partial charge in [-0.2, -0.15) is 0 Å². The third-order valence-electron chi connectivity index (χ3n) is 3.18. The Hall–Kier alpha value is -3.87. The Morgan fingerprint density at radius 3 is 2.54 bits per heavy atom. The van der Waals surface area contributed by atoms with Crippen LogP contribution in [0, 0.1) is 0 Å². The van der Waals surface area contributed by atoms with Gasteiger partial charge in [-0.1, -0.05) is 5.16 Å². The Morgan fingerprint density at radius 1 is 1.25 bits per heavy atom. The number of nitrogen functional groups attached to an aromatic ring is 1. The summed E-state index contributed by atoms with van der Waals surface area (Å²) in [6, 6.07) is 3.32. The topological polar surface area (TPSA) is 196 Å². The zero-order chi connectivity index (χ0) is 20.8. The van der Waals surface area contributed by atoms with Crippen LogP contribution < -0.4 is 16.6 Å². The quantitative estimate of drug-likeness (QED) is 0.212. The second kappa shape index (κ2) is 8.68. The van der Waals surface area contributed by atoms with E-state index in [2.05, 4.69) is 21.0 Å². The second-order valence-corrected chi connectivity index (χ2v) is 6.10. The molecule has 0 saturated carbocycles. The average molecular weight is 409 g/mol. The summed E-state index contributed by atoms with van der Waals surface area (Å²) < 4.78 is 0.